The van der Waals surface area contributed by atoms with E-state index in [9.17, 15) is 34.7 Å². The number of carbonyl (C=O) groups is 1. The Kier molecular flexibility index (Phi) is 20.8. The number of aliphatic hydroxyl groups is 5. The van der Waals surface area contributed by atoms with Crippen molar-refractivity contribution in [2.75, 3.05) is 41.0 Å². The Morgan fingerprint density at radius 1 is 0.974 bits per heavy atom. The topological polar surface area (TPSA) is 247 Å². The zero-order chi connectivity index (χ0) is 56.0. The highest BCUT2D eigenvalue weighted by Gasteiger charge is 2.53. The van der Waals surface area contributed by atoms with Crippen LogP contribution in [0, 0.1) is 29.1 Å². The number of benzene rings is 1. The van der Waals surface area contributed by atoms with Gasteiger partial charge in [-0.05, 0) is 117 Å². The molecule has 0 unspecified atom stereocenters. The van der Waals surface area contributed by atoms with Gasteiger partial charge in [-0.15, -0.1) is 5.10 Å². The lowest BCUT2D eigenvalue weighted by molar-refractivity contribution is -0.318. The molecule has 3 saturated heterocycles. The molecule has 0 amide bonds. The van der Waals surface area contributed by atoms with Gasteiger partial charge in [0.2, 0.25) is 0 Å². The van der Waals surface area contributed by atoms with Crippen molar-refractivity contribution in [3.05, 3.63) is 65.7 Å². The van der Waals surface area contributed by atoms with E-state index < -0.39 is 121 Å². The number of nitriles is 1. The molecule has 20 heteroatoms. The molecule has 2 aromatic heterocycles. The first-order valence-corrected chi connectivity index (χ1v) is 27.0. The third-order valence-corrected chi connectivity index (χ3v) is 16.6. The number of nitrogens with zero attached hydrogens (tertiary/aromatic N) is 7. The lowest BCUT2D eigenvalue weighted by Crippen LogP contribution is -2.61. The highest BCUT2D eigenvalue weighted by molar-refractivity contribution is 5.73. The number of halogens is 1. The van der Waals surface area contributed by atoms with E-state index in [1.807, 2.05) is 74.1 Å². The highest BCUT2D eigenvalue weighted by atomic mass is 19.1. The summed E-state index contributed by atoms with van der Waals surface area (Å²) in [6, 6.07) is 11.6. The van der Waals surface area contributed by atoms with Gasteiger partial charge in [0.15, 0.2) is 12.6 Å². The third kappa shape index (κ3) is 14.2. The van der Waals surface area contributed by atoms with Crippen molar-refractivity contribution in [2.24, 2.45) is 17.8 Å². The molecule has 0 radical (unpaired) electrons. The molecule has 0 saturated carbocycles. The van der Waals surface area contributed by atoms with Crippen molar-refractivity contribution in [1.82, 2.24) is 29.8 Å². The Morgan fingerprint density at radius 2 is 1.66 bits per heavy atom. The molecule has 6 rings (SSSR count). The summed E-state index contributed by atoms with van der Waals surface area (Å²) in [5, 5.41) is 77.6. The van der Waals surface area contributed by atoms with Gasteiger partial charge in [-0.2, -0.15) is 5.26 Å². The van der Waals surface area contributed by atoms with E-state index in [0.29, 0.717) is 43.7 Å². The van der Waals surface area contributed by atoms with Crippen molar-refractivity contribution in [3.8, 4) is 17.2 Å². The standard InChI is InChI=1S/C56H86FN7O12/c1-14-45-56(10,70)49(66)36(6)63(12)30-32(2)25-54(8,69)51(34(4)48(35(5)52(68)74-45)75-46-26-55(9,71-13)50(67)37(7)73-46)76-53-47(65)44(23-33(3)72-53)62(11)22-21-42-31-64(61-60-42)43(27-57)24-38-15-17-39(18-16-38)40-19-20-41(28-58)59-29-40/h15-20,29,31-37,43-51,53,65-67,69-70H,14,21-27,30H2,1-13H3/t32-,33-,34+,35-,36-,37+,43+,44+,45-,46+,47-,48+,49-,50+,51-,53+,54-,55-,56-/m1/s1. The van der Waals surface area contributed by atoms with Gasteiger partial charge in [-0.25, -0.2) is 14.1 Å². The average molecular weight is 1070 g/mol. The van der Waals surface area contributed by atoms with Crippen LogP contribution >= 0.6 is 0 Å². The van der Waals surface area contributed by atoms with Crippen LogP contribution in [-0.2, 0) is 46.1 Å². The lowest BCUT2D eigenvalue weighted by atomic mass is 9.77. The van der Waals surface area contributed by atoms with Crippen LogP contribution in [0.3, 0.4) is 0 Å². The van der Waals surface area contributed by atoms with Crippen LogP contribution in [0.15, 0.2) is 48.8 Å². The summed E-state index contributed by atoms with van der Waals surface area (Å²) >= 11 is 0. The molecule has 3 aliphatic rings. The molecule has 424 valence electrons. The molecular formula is C56H86FN7O12. The Bertz CT molecular complexity index is 2360. The predicted molar refractivity (Wildman–Crippen MR) is 280 cm³/mol. The Morgan fingerprint density at radius 3 is 2.28 bits per heavy atom. The van der Waals surface area contributed by atoms with Crippen molar-refractivity contribution in [2.45, 2.75) is 204 Å². The number of ether oxygens (including phenoxy) is 6. The summed E-state index contributed by atoms with van der Waals surface area (Å²) in [7, 11) is 5.21. The first kappa shape index (κ1) is 61.1. The van der Waals surface area contributed by atoms with Crippen LogP contribution in [0.5, 0.6) is 0 Å². The van der Waals surface area contributed by atoms with E-state index in [1.165, 1.54) is 14.0 Å². The van der Waals surface area contributed by atoms with Crippen molar-refractivity contribution >= 4 is 5.97 Å². The molecule has 19 atom stereocenters. The third-order valence-electron chi connectivity index (χ3n) is 16.6. The molecule has 5 N–H and O–H groups in total. The van der Waals surface area contributed by atoms with Gasteiger partial charge in [0.05, 0.1) is 53.3 Å². The van der Waals surface area contributed by atoms with E-state index in [0.717, 1.165) is 16.7 Å². The molecule has 0 spiro atoms. The minimum Gasteiger partial charge on any atom is -0.459 e. The molecule has 0 bridgehead atoms. The van der Waals surface area contributed by atoms with Gasteiger partial charge in [0, 0.05) is 69.0 Å². The lowest BCUT2D eigenvalue weighted by Gasteiger charge is -2.49. The molecule has 1 aromatic carbocycles. The van der Waals surface area contributed by atoms with Gasteiger partial charge in [-0.1, -0.05) is 50.3 Å². The number of methoxy groups -OCH3 is 1. The van der Waals surface area contributed by atoms with Crippen molar-refractivity contribution in [3.63, 3.8) is 0 Å². The van der Waals surface area contributed by atoms with Crippen molar-refractivity contribution in [1.29, 1.82) is 5.26 Å². The average Bonchev–Trinajstić information content (AvgIpc) is 3.87. The second-order valence-corrected chi connectivity index (χ2v) is 22.9. The second-order valence-electron chi connectivity index (χ2n) is 22.9. The Hall–Kier alpha value is -4.08. The van der Waals surface area contributed by atoms with E-state index in [4.69, 9.17) is 33.7 Å². The molecule has 3 aliphatic heterocycles. The fourth-order valence-electron chi connectivity index (χ4n) is 11.7. The molecule has 5 heterocycles. The quantitative estimate of drug-likeness (QED) is 0.128. The predicted octanol–water partition coefficient (Wildman–Crippen LogP) is 4.79. The zero-order valence-electron chi connectivity index (χ0n) is 46.8. The number of rotatable bonds is 15. The maximum atomic E-state index is 14.6. The van der Waals surface area contributed by atoms with Gasteiger partial charge in [0.25, 0.3) is 0 Å². The van der Waals surface area contributed by atoms with Gasteiger partial charge >= 0.3 is 5.97 Å². The summed E-state index contributed by atoms with van der Waals surface area (Å²) < 4.78 is 54.5. The number of alkyl halides is 1. The van der Waals surface area contributed by atoms with E-state index in [-0.39, 0.29) is 25.2 Å². The number of cyclic esters (lactones) is 1. The minimum atomic E-state index is -1.85. The van der Waals surface area contributed by atoms with E-state index in [2.05, 4.69) is 15.3 Å². The fraction of sp³-hybridized carbons (Fsp3) is 0.732. The van der Waals surface area contributed by atoms with Crippen LogP contribution < -0.4 is 0 Å². The maximum absolute atomic E-state index is 14.6. The summed E-state index contributed by atoms with van der Waals surface area (Å²) in [6.45, 7) is 17.6. The van der Waals surface area contributed by atoms with Crippen LogP contribution in [0.2, 0.25) is 0 Å². The SMILES string of the molecule is CC[C@H]1OC(=O)[C@H](C)[C@@H](O[C@H]2C[C@@](C)(OC)[C@@H](O)[C@H](C)O2)[C@H](C)[C@@H](O[C@@H]2O[C@H](C)C[C@H](N(C)CCc3cn([C@H](CF)Cc4ccc(-c5ccc(C#N)nc5)cc4)nn3)[C@H]2O)[C@](C)(O)C[C@@H](C)CN(C)[C@H](C)[C@@H](O)[C@]1(C)O. The van der Waals surface area contributed by atoms with Gasteiger partial charge in [-0.3, -0.25) is 4.79 Å². The largest absolute Gasteiger partial charge is 0.459 e. The number of pyridine rings is 1. The number of hydrogen-bond acceptors (Lipinski definition) is 18. The molecule has 3 aromatic rings. The van der Waals surface area contributed by atoms with Crippen LogP contribution in [-0.4, -0.2) is 193 Å². The van der Waals surface area contributed by atoms with Crippen LogP contribution in [0.1, 0.15) is 118 Å². The minimum absolute atomic E-state index is 0.0834. The maximum Gasteiger partial charge on any atom is 0.311 e. The van der Waals surface area contributed by atoms with Crippen molar-refractivity contribution < 1.29 is 63.1 Å². The first-order valence-electron chi connectivity index (χ1n) is 27.0. The van der Waals surface area contributed by atoms with Gasteiger partial charge in [0.1, 0.15) is 48.5 Å². The first-order chi connectivity index (χ1) is 35.8. The molecule has 19 nitrogen and oxygen atoms in total. The monoisotopic (exact) mass is 1070 g/mol. The highest BCUT2D eigenvalue weighted by Crippen LogP contribution is 2.40. The second kappa shape index (κ2) is 25.8. The molecule has 76 heavy (non-hydrogen) atoms. The number of aliphatic hydroxyl groups excluding tert-OH is 3. The smallest absolute Gasteiger partial charge is 0.311 e. The fourth-order valence-corrected chi connectivity index (χ4v) is 11.7. The van der Waals surface area contributed by atoms with Gasteiger partial charge < -0.3 is 63.8 Å². The number of hydrogen-bond donors (Lipinski definition) is 5. The summed E-state index contributed by atoms with van der Waals surface area (Å²) in [6.07, 6.45) is -5.23. The summed E-state index contributed by atoms with van der Waals surface area (Å²) in [5.41, 5.74) is -0.909. The molecule has 0 aliphatic carbocycles. The Labute approximate surface area is 448 Å². The van der Waals surface area contributed by atoms with Crippen LogP contribution in [0.4, 0.5) is 4.39 Å². The van der Waals surface area contributed by atoms with E-state index >= 15 is 0 Å². The van der Waals surface area contributed by atoms with Crippen LogP contribution in [0.25, 0.3) is 11.1 Å². The molecule has 3 fully saturated rings. The summed E-state index contributed by atoms with van der Waals surface area (Å²) in [4.78, 5) is 22.6. The molecular weight excluding hydrogens is 982 g/mol. The normalized spacial score (nSPS) is 37.9. The number of aromatic nitrogens is 4. The summed E-state index contributed by atoms with van der Waals surface area (Å²) in [5.74, 6) is -2.88. The number of carbonyl (C=O) groups excluding carboxylic acids is 1. The number of esters is 1. The van der Waals surface area contributed by atoms with E-state index in [1.54, 1.807) is 71.6 Å². The Balaban J connectivity index is 1.23. The zero-order valence-corrected chi connectivity index (χ0v) is 46.8. The number of likely N-dealkylation sites (N-methyl/N-ethyl adjacent to an activating group) is 2.